The van der Waals surface area contributed by atoms with Crippen molar-refractivity contribution in [3.8, 4) is 0 Å². The summed E-state index contributed by atoms with van der Waals surface area (Å²) in [6.07, 6.45) is -2.80. The summed E-state index contributed by atoms with van der Waals surface area (Å²) in [5.74, 6) is 0. The molecule has 0 radical (unpaired) electrons. The minimum atomic E-state index is -4.45. The van der Waals surface area contributed by atoms with Crippen molar-refractivity contribution < 1.29 is 27.6 Å². The van der Waals surface area contributed by atoms with E-state index in [0.717, 1.165) is 0 Å². The van der Waals surface area contributed by atoms with Crippen molar-refractivity contribution >= 4 is 12.6 Å². The van der Waals surface area contributed by atoms with Crippen LogP contribution >= 0.6 is 0 Å². The number of hydrogen-bond donors (Lipinski definition) is 2. The van der Waals surface area contributed by atoms with E-state index in [9.17, 15) is 17.6 Å². The Hall–Kier alpha value is -1.09. The highest BCUT2D eigenvalue weighted by Gasteiger charge is 2.44. The smallest absolute Gasteiger partial charge is 0.423 e. The first-order chi connectivity index (χ1) is 6.35. The molecule has 0 aliphatic carbocycles. The summed E-state index contributed by atoms with van der Waals surface area (Å²) in [5, 5.41) is 19.9. The van der Waals surface area contributed by atoms with Gasteiger partial charge in [0.15, 0.2) is 0 Å². The summed E-state index contributed by atoms with van der Waals surface area (Å²) >= 11 is 0. The highest BCUT2D eigenvalue weighted by molar-refractivity contribution is 6.58. The second-order valence-corrected chi connectivity index (χ2v) is 2.48. The van der Waals surface area contributed by atoms with Gasteiger partial charge in [0.1, 0.15) is 0 Å². The Morgan fingerprint density at radius 2 is 2.00 bits per heavy atom. The van der Waals surface area contributed by atoms with Crippen molar-refractivity contribution in [1.29, 1.82) is 0 Å². The molecular weight excluding hydrogens is 207 g/mol. The molecule has 0 atom stereocenters. The molecule has 1 heterocycles. The van der Waals surface area contributed by atoms with E-state index < -0.39 is 19.6 Å². The molecule has 0 aliphatic rings. The number of aromatic nitrogens is 2. The first-order valence-electron chi connectivity index (χ1n) is 3.43. The van der Waals surface area contributed by atoms with Gasteiger partial charge in [-0.1, -0.05) is 0 Å². The minimum Gasteiger partial charge on any atom is -0.423 e. The molecule has 1 rings (SSSR count). The molecule has 0 unspecified atom stereocenters. The Bertz CT molecular complexity index is 316. The molecule has 78 valence electrons. The van der Waals surface area contributed by atoms with Crippen LogP contribution in [0.5, 0.6) is 0 Å². The molecule has 4 nitrogen and oxygen atoms in total. The lowest BCUT2D eigenvalue weighted by Gasteiger charge is -2.14. The summed E-state index contributed by atoms with van der Waals surface area (Å²) in [7, 11) is -2.02. The molecule has 14 heavy (non-hydrogen) atoms. The molecule has 0 bridgehead atoms. The Morgan fingerprint density at radius 3 is 2.36 bits per heavy atom. The highest BCUT2D eigenvalue weighted by atomic mass is 19.3. The molecule has 0 aromatic carbocycles. The largest absolute Gasteiger partial charge is 0.491 e. The summed E-state index contributed by atoms with van der Waals surface area (Å²) in [6, 6.07) is -4.45. The third-order valence-electron chi connectivity index (χ3n) is 1.47. The third kappa shape index (κ3) is 1.88. The van der Waals surface area contributed by atoms with Crippen LogP contribution in [0.25, 0.3) is 0 Å². The summed E-state index contributed by atoms with van der Waals surface area (Å²) in [4.78, 5) is 0. The van der Waals surface area contributed by atoms with Crippen LogP contribution in [0.15, 0.2) is 12.4 Å². The fourth-order valence-corrected chi connectivity index (χ4v) is 0.733. The van der Waals surface area contributed by atoms with Crippen LogP contribution in [-0.2, 0) is 6.05 Å². The van der Waals surface area contributed by atoms with Crippen molar-refractivity contribution in [2.45, 2.75) is 12.5 Å². The fourth-order valence-electron chi connectivity index (χ4n) is 0.733. The van der Waals surface area contributed by atoms with Gasteiger partial charge in [0, 0.05) is 17.9 Å². The maximum atomic E-state index is 12.5. The van der Waals surface area contributed by atoms with E-state index in [1.807, 2.05) is 0 Å². The van der Waals surface area contributed by atoms with Gasteiger partial charge in [-0.25, -0.2) is 13.5 Å². The summed E-state index contributed by atoms with van der Waals surface area (Å²) in [5.41, 5.74) is -0.384. The van der Waals surface area contributed by atoms with Crippen molar-refractivity contribution in [1.82, 2.24) is 9.78 Å². The lowest BCUT2D eigenvalue weighted by Crippen LogP contribution is -2.33. The van der Waals surface area contributed by atoms with Crippen molar-refractivity contribution in [3.63, 3.8) is 0 Å². The second kappa shape index (κ2) is 3.58. The molecule has 0 fully saturated rings. The fraction of sp³-hybridized carbons (Fsp3) is 0.400. The zero-order chi connectivity index (χ0) is 10.9. The van der Waals surface area contributed by atoms with E-state index in [0.29, 0.717) is 12.4 Å². The molecule has 0 saturated carbocycles. The Kier molecular flexibility index (Phi) is 2.81. The summed E-state index contributed by atoms with van der Waals surface area (Å²) < 4.78 is 48.3. The first-order valence-corrected chi connectivity index (χ1v) is 3.43. The number of alkyl halides is 4. The highest BCUT2D eigenvalue weighted by Crippen LogP contribution is 2.26. The number of halogens is 4. The lowest BCUT2D eigenvalue weighted by atomic mass is 9.83. The quantitative estimate of drug-likeness (QED) is 0.518. The zero-order valence-corrected chi connectivity index (χ0v) is 6.61. The molecule has 1 aromatic heterocycles. The maximum absolute atomic E-state index is 12.5. The van der Waals surface area contributed by atoms with Crippen LogP contribution in [0.1, 0.15) is 0 Å². The molecule has 0 aliphatic heterocycles. The predicted octanol–water partition coefficient (Wildman–Crippen LogP) is -0.623. The molecule has 0 saturated heterocycles. The topological polar surface area (TPSA) is 58.3 Å². The molecule has 0 amide bonds. The normalized spacial score (nSPS) is 12.2. The van der Waals surface area contributed by atoms with Crippen molar-refractivity contribution in [2.24, 2.45) is 0 Å². The minimum absolute atomic E-state index is 0.313. The van der Waals surface area contributed by atoms with Gasteiger partial charge in [0.25, 0.3) is 0 Å². The predicted molar refractivity (Wildman–Crippen MR) is 38.2 cm³/mol. The van der Waals surface area contributed by atoms with Crippen LogP contribution < -0.4 is 5.46 Å². The van der Waals surface area contributed by atoms with Gasteiger partial charge >= 0.3 is 19.6 Å². The van der Waals surface area contributed by atoms with Crippen LogP contribution in [0.3, 0.4) is 0 Å². The van der Waals surface area contributed by atoms with Crippen LogP contribution in [0, 0.1) is 0 Å². The van der Waals surface area contributed by atoms with Gasteiger partial charge < -0.3 is 10.0 Å². The Balaban J connectivity index is 2.97. The van der Waals surface area contributed by atoms with Gasteiger partial charge in [-0.2, -0.15) is 13.9 Å². The number of rotatable bonds is 3. The average molecular weight is 212 g/mol. The van der Waals surface area contributed by atoms with Gasteiger partial charge in [0.2, 0.25) is 0 Å². The Labute approximate surface area is 75.9 Å². The van der Waals surface area contributed by atoms with Gasteiger partial charge in [-0.15, -0.1) is 0 Å². The van der Waals surface area contributed by atoms with E-state index in [4.69, 9.17) is 10.0 Å². The second-order valence-electron chi connectivity index (χ2n) is 2.48. The molecular formula is C5H5BF4N2O2. The van der Waals surface area contributed by atoms with Crippen molar-refractivity contribution in [3.05, 3.63) is 12.4 Å². The van der Waals surface area contributed by atoms with E-state index in [2.05, 4.69) is 5.10 Å². The monoisotopic (exact) mass is 212 g/mol. The van der Waals surface area contributed by atoms with Crippen molar-refractivity contribution in [2.75, 3.05) is 0 Å². The van der Waals surface area contributed by atoms with E-state index in [1.165, 1.54) is 0 Å². The SMILES string of the molecule is OB(O)c1cnn(C(F)(F)C(F)F)c1. The number of nitrogens with zero attached hydrogens (tertiary/aromatic N) is 2. The summed E-state index contributed by atoms with van der Waals surface area (Å²) in [6.45, 7) is 0. The van der Waals surface area contributed by atoms with Crippen LogP contribution in [-0.4, -0.2) is 33.4 Å². The third-order valence-corrected chi connectivity index (χ3v) is 1.47. The lowest BCUT2D eigenvalue weighted by molar-refractivity contribution is -0.196. The van der Waals surface area contributed by atoms with Gasteiger partial charge in [-0.05, 0) is 0 Å². The van der Waals surface area contributed by atoms with Gasteiger partial charge in [-0.3, -0.25) is 0 Å². The molecule has 1 aromatic rings. The Morgan fingerprint density at radius 1 is 1.43 bits per heavy atom. The van der Waals surface area contributed by atoms with Gasteiger partial charge in [0.05, 0.1) is 0 Å². The van der Waals surface area contributed by atoms with E-state index in [-0.39, 0.29) is 10.1 Å². The maximum Gasteiger partial charge on any atom is 0.491 e. The average Bonchev–Trinajstić information content (AvgIpc) is 2.51. The number of hydrogen-bond acceptors (Lipinski definition) is 3. The first kappa shape index (κ1) is 11.0. The molecule has 9 heteroatoms. The molecule has 0 spiro atoms. The van der Waals surface area contributed by atoms with Crippen LogP contribution in [0.2, 0.25) is 0 Å². The van der Waals surface area contributed by atoms with Crippen LogP contribution in [0.4, 0.5) is 17.6 Å². The van der Waals surface area contributed by atoms with E-state index in [1.54, 1.807) is 0 Å². The molecule has 2 N–H and O–H groups in total. The van der Waals surface area contributed by atoms with E-state index >= 15 is 0 Å². The standard InChI is InChI=1S/C5H5BF4N2O2/c7-4(8)5(9,10)12-2-3(1-11-12)6(13)14/h1-2,4,13-14H. The zero-order valence-electron chi connectivity index (χ0n) is 6.61.